The molecule has 1 unspecified atom stereocenters. The molecule has 0 bridgehead atoms. The number of alkyl halides is 3. The van der Waals surface area contributed by atoms with E-state index in [4.69, 9.17) is 14.2 Å². The Kier molecular flexibility index (Phi) is 8.46. The maximum Gasteiger partial charge on any atom is 0.402 e. The molecule has 0 heterocycles. The van der Waals surface area contributed by atoms with E-state index in [0.29, 0.717) is 5.56 Å². The Morgan fingerprint density at radius 3 is 1.86 bits per heavy atom. The van der Waals surface area contributed by atoms with Gasteiger partial charge in [0.1, 0.15) is 6.61 Å². The van der Waals surface area contributed by atoms with E-state index in [1.54, 1.807) is 30.3 Å². The Labute approximate surface area is 160 Å². The molecule has 1 aromatic carbocycles. The van der Waals surface area contributed by atoms with Gasteiger partial charge in [-0.1, -0.05) is 30.3 Å². The Hall–Kier alpha value is -2.58. The van der Waals surface area contributed by atoms with Gasteiger partial charge in [0, 0.05) is 0 Å². The summed E-state index contributed by atoms with van der Waals surface area (Å²) in [6.07, 6.45) is -6.21. The first kappa shape index (κ1) is 23.5. The van der Waals surface area contributed by atoms with E-state index >= 15 is 0 Å². The number of benzene rings is 1. The quantitative estimate of drug-likeness (QED) is 0.356. The molecule has 28 heavy (non-hydrogen) atoms. The zero-order valence-corrected chi connectivity index (χ0v) is 15.9. The average Bonchev–Trinajstić information content (AvgIpc) is 2.64. The summed E-state index contributed by atoms with van der Waals surface area (Å²) in [5.74, 6) is -6.68. The van der Waals surface area contributed by atoms with E-state index in [1.807, 2.05) is 0 Å². The van der Waals surface area contributed by atoms with Crippen LogP contribution < -0.4 is 0 Å². The third-order valence-electron chi connectivity index (χ3n) is 3.97. The molecular formula is C19H23F3O6. The van der Waals surface area contributed by atoms with Gasteiger partial charge in [0.15, 0.2) is 11.3 Å². The molecule has 0 saturated heterocycles. The largest absolute Gasteiger partial charge is 0.465 e. The Balaban J connectivity index is 3.07. The fourth-order valence-corrected chi connectivity index (χ4v) is 2.40. The summed E-state index contributed by atoms with van der Waals surface area (Å²) >= 11 is 0. The highest BCUT2D eigenvalue weighted by atomic mass is 19.4. The van der Waals surface area contributed by atoms with Crippen LogP contribution in [0.1, 0.15) is 32.8 Å². The van der Waals surface area contributed by atoms with Gasteiger partial charge in [-0.25, -0.2) is 0 Å². The van der Waals surface area contributed by atoms with Gasteiger partial charge in [-0.2, -0.15) is 13.2 Å². The Morgan fingerprint density at radius 2 is 1.43 bits per heavy atom. The van der Waals surface area contributed by atoms with E-state index in [-0.39, 0.29) is 19.8 Å². The molecule has 0 aliphatic rings. The fourth-order valence-electron chi connectivity index (χ4n) is 2.40. The van der Waals surface area contributed by atoms with E-state index in [0.717, 1.165) is 6.92 Å². The molecule has 1 atom stereocenters. The lowest BCUT2D eigenvalue weighted by Gasteiger charge is -2.29. The van der Waals surface area contributed by atoms with Crippen LogP contribution in [0, 0.1) is 11.3 Å². The lowest BCUT2D eigenvalue weighted by molar-refractivity contribution is -0.207. The van der Waals surface area contributed by atoms with Gasteiger partial charge in [0.05, 0.1) is 13.2 Å². The van der Waals surface area contributed by atoms with Crippen molar-refractivity contribution in [1.82, 2.24) is 0 Å². The molecule has 0 spiro atoms. The summed E-state index contributed by atoms with van der Waals surface area (Å²) in [6.45, 7) is 3.18. The van der Waals surface area contributed by atoms with Crippen LogP contribution in [0.5, 0.6) is 0 Å². The van der Waals surface area contributed by atoms with Crippen molar-refractivity contribution < 1.29 is 41.8 Å². The highest BCUT2D eigenvalue weighted by Gasteiger charge is 2.55. The predicted molar refractivity (Wildman–Crippen MR) is 91.8 cm³/mol. The second kappa shape index (κ2) is 10.1. The van der Waals surface area contributed by atoms with Crippen molar-refractivity contribution in [3.8, 4) is 0 Å². The fraction of sp³-hybridized carbons (Fsp3) is 0.526. The standard InChI is InChI=1S/C19H23F3O6/c1-4-26-16(24)18(3,17(25)27-5-2)11-14(19(20,21)22)15(23)28-12-13-9-7-6-8-10-13/h6-10,14H,4-5,11-12H2,1-3H3. The third kappa shape index (κ3) is 6.24. The minimum atomic E-state index is -5.03. The van der Waals surface area contributed by atoms with Crippen molar-refractivity contribution in [3.05, 3.63) is 35.9 Å². The number of halogens is 3. The predicted octanol–water partition coefficient (Wildman–Crippen LogP) is 3.43. The number of hydrogen-bond acceptors (Lipinski definition) is 6. The van der Waals surface area contributed by atoms with Crippen LogP contribution in [0.2, 0.25) is 0 Å². The van der Waals surface area contributed by atoms with Crippen molar-refractivity contribution in [2.24, 2.45) is 11.3 Å². The first-order valence-corrected chi connectivity index (χ1v) is 8.68. The molecular weight excluding hydrogens is 381 g/mol. The van der Waals surface area contributed by atoms with Crippen LogP contribution in [0.15, 0.2) is 30.3 Å². The zero-order valence-electron chi connectivity index (χ0n) is 15.9. The zero-order chi connectivity index (χ0) is 21.4. The van der Waals surface area contributed by atoms with Gasteiger partial charge in [-0.15, -0.1) is 0 Å². The molecule has 9 heteroatoms. The van der Waals surface area contributed by atoms with Gasteiger partial charge in [0.25, 0.3) is 0 Å². The molecule has 0 aliphatic heterocycles. The first-order chi connectivity index (χ1) is 13.1. The number of esters is 3. The molecule has 0 radical (unpaired) electrons. The second-order valence-corrected chi connectivity index (χ2v) is 6.16. The van der Waals surface area contributed by atoms with E-state index < -0.39 is 41.8 Å². The topological polar surface area (TPSA) is 78.9 Å². The van der Waals surface area contributed by atoms with Crippen molar-refractivity contribution in [3.63, 3.8) is 0 Å². The van der Waals surface area contributed by atoms with Gasteiger partial charge in [-0.05, 0) is 32.8 Å². The summed E-state index contributed by atoms with van der Waals surface area (Å²) in [5.41, 5.74) is -1.81. The van der Waals surface area contributed by atoms with Crippen LogP contribution in [-0.2, 0) is 35.2 Å². The lowest BCUT2D eigenvalue weighted by Crippen LogP contribution is -2.45. The summed E-state index contributed by atoms with van der Waals surface area (Å²) in [7, 11) is 0. The van der Waals surface area contributed by atoms with Crippen LogP contribution in [0.25, 0.3) is 0 Å². The van der Waals surface area contributed by atoms with E-state index in [9.17, 15) is 27.6 Å². The Morgan fingerprint density at radius 1 is 0.929 bits per heavy atom. The summed E-state index contributed by atoms with van der Waals surface area (Å²) < 4.78 is 54.8. The minimum absolute atomic E-state index is 0.150. The molecule has 0 saturated carbocycles. The molecule has 1 rings (SSSR count). The van der Waals surface area contributed by atoms with Crippen molar-refractivity contribution in [2.75, 3.05) is 13.2 Å². The lowest BCUT2D eigenvalue weighted by atomic mass is 9.80. The second-order valence-electron chi connectivity index (χ2n) is 6.16. The Bertz CT molecular complexity index is 654. The molecule has 1 aromatic rings. The molecule has 0 aliphatic carbocycles. The number of carbonyl (C=O) groups excluding carboxylic acids is 3. The molecule has 156 valence electrons. The molecule has 0 fully saturated rings. The number of ether oxygens (including phenoxy) is 3. The van der Waals surface area contributed by atoms with Crippen LogP contribution in [0.4, 0.5) is 13.2 Å². The van der Waals surface area contributed by atoms with E-state index in [2.05, 4.69) is 0 Å². The van der Waals surface area contributed by atoms with Crippen LogP contribution in [0.3, 0.4) is 0 Å². The molecule has 0 amide bonds. The minimum Gasteiger partial charge on any atom is -0.465 e. The highest BCUT2D eigenvalue weighted by molar-refractivity contribution is 6.00. The SMILES string of the molecule is CCOC(=O)C(C)(CC(C(=O)OCc1ccccc1)C(F)(F)F)C(=O)OCC. The third-order valence-corrected chi connectivity index (χ3v) is 3.97. The van der Waals surface area contributed by atoms with Gasteiger partial charge >= 0.3 is 24.1 Å². The van der Waals surface area contributed by atoms with Gasteiger partial charge in [-0.3, -0.25) is 14.4 Å². The van der Waals surface area contributed by atoms with Crippen LogP contribution in [-0.4, -0.2) is 37.3 Å². The van der Waals surface area contributed by atoms with E-state index in [1.165, 1.54) is 13.8 Å². The van der Waals surface area contributed by atoms with Crippen LogP contribution >= 0.6 is 0 Å². The summed E-state index contributed by atoms with van der Waals surface area (Å²) in [6, 6.07) is 8.15. The number of carbonyl (C=O) groups is 3. The van der Waals surface area contributed by atoms with Gasteiger partial charge < -0.3 is 14.2 Å². The monoisotopic (exact) mass is 404 g/mol. The highest BCUT2D eigenvalue weighted by Crippen LogP contribution is 2.39. The maximum absolute atomic E-state index is 13.5. The average molecular weight is 404 g/mol. The summed E-state index contributed by atoms with van der Waals surface area (Å²) in [4.78, 5) is 36.6. The molecule has 0 N–H and O–H groups in total. The molecule has 6 nitrogen and oxygen atoms in total. The normalized spacial score (nSPS) is 12.8. The van der Waals surface area contributed by atoms with Crippen molar-refractivity contribution in [2.45, 2.75) is 40.0 Å². The smallest absolute Gasteiger partial charge is 0.402 e. The van der Waals surface area contributed by atoms with Crippen molar-refractivity contribution >= 4 is 17.9 Å². The summed E-state index contributed by atoms with van der Waals surface area (Å²) in [5, 5.41) is 0. The number of rotatable bonds is 9. The maximum atomic E-state index is 13.5. The first-order valence-electron chi connectivity index (χ1n) is 8.68. The van der Waals surface area contributed by atoms with Crippen molar-refractivity contribution in [1.29, 1.82) is 0 Å². The molecule has 0 aromatic heterocycles. The number of hydrogen-bond donors (Lipinski definition) is 0. The van der Waals surface area contributed by atoms with Gasteiger partial charge in [0.2, 0.25) is 0 Å².